The van der Waals surface area contributed by atoms with Crippen molar-refractivity contribution in [3.05, 3.63) is 23.0 Å². The molecule has 0 aromatic carbocycles. The van der Waals surface area contributed by atoms with Crippen LogP contribution in [0.5, 0.6) is 5.75 Å². The van der Waals surface area contributed by atoms with E-state index in [2.05, 4.69) is 9.72 Å². The Balaban J connectivity index is 3.43. The molecule has 4 nitrogen and oxygen atoms in total. The normalized spacial score (nSPS) is 11.7. The number of hydrogen-bond acceptors (Lipinski definition) is 4. The second kappa shape index (κ2) is 5.25. The number of nitrogens with zero attached hydrogens (tertiary/aromatic N) is 1. The average Bonchev–Trinajstić information content (AvgIpc) is 2.25. The summed E-state index contributed by atoms with van der Waals surface area (Å²) in [5, 5.41) is 0. The van der Waals surface area contributed by atoms with Crippen molar-refractivity contribution in [1.82, 2.24) is 4.98 Å². The quantitative estimate of drug-likeness (QED) is 0.672. The lowest BCUT2D eigenvalue weighted by atomic mass is 10.1. The van der Waals surface area contributed by atoms with E-state index in [0.717, 1.165) is 6.20 Å². The van der Waals surface area contributed by atoms with E-state index in [9.17, 15) is 26.7 Å². The number of rotatable bonds is 4. The first-order valence-corrected chi connectivity index (χ1v) is 4.51. The number of ether oxygens (including phenoxy) is 1. The SMILES string of the molecule is NCc1cnc(C(F)F)c(OC(F)(F)F)c1C=O. The molecule has 9 heteroatoms. The molecule has 0 aliphatic heterocycles. The number of aromatic nitrogens is 1. The van der Waals surface area contributed by atoms with Gasteiger partial charge in [-0.3, -0.25) is 9.78 Å². The van der Waals surface area contributed by atoms with Crippen molar-refractivity contribution >= 4 is 6.29 Å². The van der Waals surface area contributed by atoms with Crippen LogP contribution < -0.4 is 10.5 Å². The van der Waals surface area contributed by atoms with Crippen molar-refractivity contribution in [1.29, 1.82) is 0 Å². The summed E-state index contributed by atoms with van der Waals surface area (Å²) >= 11 is 0. The molecule has 0 fully saturated rings. The molecular formula is C9H7F5N2O2. The zero-order chi connectivity index (χ0) is 13.9. The first-order chi connectivity index (χ1) is 8.30. The number of carbonyl (C=O) groups excluding carboxylic acids is 1. The van der Waals surface area contributed by atoms with Crippen molar-refractivity contribution in [2.45, 2.75) is 19.3 Å². The van der Waals surface area contributed by atoms with Gasteiger partial charge < -0.3 is 10.5 Å². The minimum atomic E-state index is -5.21. The van der Waals surface area contributed by atoms with Gasteiger partial charge in [0.25, 0.3) is 6.43 Å². The smallest absolute Gasteiger partial charge is 0.403 e. The van der Waals surface area contributed by atoms with Crippen LogP contribution in [0, 0.1) is 0 Å². The van der Waals surface area contributed by atoms with Gasteiger partial charge in [0.1, 0.15) is 5.69 Å². The van der Waals surface area contributed by atoms with Gasteiger partial charge in [0.2, 0.25) is 0 Å². The summed E-state index contributed by atoms with van der Waals surface area (Å²) in [5.74, 6) is -1.31. The van der Waals surface area contributed by atoms with Gasteiger partial charge in [0, 0.05) is 12.7 Å². The Bertz CT molecular complexity index is 447. The number of alkyl halides is 5. The van der Waals surface area contributed by atoms with Gasteiger partial charge in [-0.25, -0.2) is 8.78 Å². The average molecular weight is 270 g/mol. The molecule has 1 aromatic rings. The van der Waals surface area contributed by atoms with Gasteiger partial charge in [-0.15, -0.1) is 13.2 Å². The Morgan fingerprint density at radius 1 is 1.44 bits per heavy atom. The Hall–Kier alpha value is -1.77. The standard InChI is InChI=1S/C9H7F5N2O2/c10-8(11)6-7(18-9(12,13)14)5(3-17)4(1-15)2-16-6/h2-3,8H,1,15H2. The molecule has 1 rings (SSSR count). The van der Waals surface area contributed by atoms with Crippen LogP contribution in [0.1, 0.15) is 28.0 Å². The van der Waals surface area contributed by atoms with Crippen LogP contribution in [-0.4, -0.2) is 17.6 Å². The van der Waals surface area contributed by atoms with E-state index in [0.29, 0.717) is 0 Å². The molecule has 0 aliphatic rings. The first kappa shape index (κ1) is 14.3. The van der Waals surface area contributed by atoms with Crippen molar-refractivity contribution in [3.63, 3.8) is 0 Å². The van der Waals surface area contributed by atoms with Crippen LogP contribution in [0.3, 0.4) is 0 Å². The van der Waals surface area contributed by atoms with E-state index >= 15 is 0 Å². The molecule has 0 aliphatic carbocycles. The monoisotopic (exact) mass is 270 g/mol. The zero-order valence-electron chi connectivity index (χ0n) is 8.67. The molecule has 0 atom stereocenters. The number of pyridine rings is 1. The highest BCUT2D eigenvalue weighted by Gasteiger charge is 2.35. The molecule has 0 unspecified atom stereocenters. The largest absolute Gasteiger partial charge is 0.573 e. The van der Waals surface area contributed by atoms with Gasteiger partial charge in [-0.05, 0) is 5.56 Å². The molecule has 18 heavy (non-hydrogen) atoms. The Morgan fingerprint density at radius 3 is 2.44 bits per heavy atom. The second-order valence-electron chi connectivity index (χ2n) is 3.08. The third kappa shape index (κ3) is 3.13. The van der Waals surface area contributed by atoms with E-state index in [1.807, 2.05) is 0 Å². The molecule has 0 saturated heterocycles. The number of nitrogens with two attached hydrogens (primary N) is 1. The van der Waals surface area contributed by atoms with Crippen molar-refractivity contribution in [2.75, 3.05) is 0 Å². The number of aldehydes is 1. The number of hydrogen-bond donors (Lipinski definition) is 1. The van der Waals surface area contributed by atoms with Crippen LogP contribution in [-0.2, 0) is 6.54 Å². The van der Waals surface area contributed by atoms with E-state index < -0.39 is 29.8 Å². The zero-order valence-corrected chi connectivity index (χ0v) is 8.67. The van der Waals surface area contributed by atoms with Gasteiger partial charge >= 0.3 is 6.36 Å². The molecule has 0 radical (unpaired) electrons. The van der Waals surface area contributed by atoms with Crippen molar-refractivity contribution < 1.29 is 31.5 Å². The first-order valence-electron chi connectivity index (χ1n) is 4.51. The molecule has 0 saturated carbocycles. The fourth-order valence-electron chi connectivity index (χ4n) is 1.23. The molecule has 0 spiro atoms. The number of halogens is 5. The predicted molar refractivity (Wildman–Crippen MR) is 49.2 cm³/mol. The Morgan fingerprint density at radius 2 is 2.06 bits per heavy atom. The maximum atomic E-state index is 12.5. The van der Waals surface area contributed by atoms with Crippen LogP contribution in [0.4, 0.5) is 22.0 Å². The van der Waals surface area contributed by atoms with Crippen LogP contribution >= 0.6 is 0 Å². The molecule has 100 valence electrons. The molecule has 1 heterocycles. The maximum absolute atomic E-state index is 12.5. The maximum Gasteiger partial charge on any atom is 0.573 e. The van der Waals surface area contributed by atoms with Crippen molar-refractivity contribution in [3.8, 4) is 5.75 Å². The second-order valence-corrected chi connectivity index (χ2v) is 3.08. The lowest BCUT2D eigenvalue weighted by Gasteiger charge is -2.15. The molecular weight excluding hydrogens is 263 g/mol. The molecule has 1 aromatic heterocycles. The van der Waals surface area contributed by atoms with Crippen LogP contribution in [0.25, 0.3) is 0 Å². The Labute approximate surface area is 97.6 Å². The van der Waals surface area contributed by atoms with Crippen LogP contribution in [0.2, 0.25) is 0 Å². The summed E-state index contributed by atoms with van der Waals surface area (Å²) in [7, 11) is 0. The summed E-state index contributed by atoms with van der Waals surface area (Å²) in [4.78, 5) is 13.8. The van der Waals surface area contributed by atoms with E-state index in [1.54, 1.807) is 0 Å². The summed E-state index contributed by atoms with van der Waals surface area (Å²) in [5.41, 5.74) is 3.11. The summed E-state index contributed by atoms with van der Waals surface area (Å²) < 4.78 is 64.7. The fraction of sp³-hybridized carbons (Fsp3) is 0.333. The molecule has 0 amide bonds. The van der Waals surface area contributed by atoms with E-state index in [1.165, 1.54) is 0 Å². The van der Waals surface area contributed by atoms with Gasteiger partial charge in [-0.2, -0.15) is 0 Å². The third-order valence-corrected chi connectivity index (χ3v) is 1.94. The minimum Gasteiger partial charge on any atom is -0.403 e. The lowest BCUT2D eigenvalue weighted by Crippen LogP contribution is -2.21. The predicted octanol–water partition coefficient (Wildman–Crippen LogP) is 2.19. The summed E-state index contributed by atoms with van der Waals surface area (Å²) in [6.45, 7) is -0.335. The van der Waals surface area contributed by atoms with Crippen LogP contribution in [0.15, 0.2) is 6.20 Å². The summed E-state index contributed by atoms with van der Waals surface area (Å²) in [6, 6.07) is 0. The minimum absolute atomic E-state index is 0.0309. The molecule has 0 bridgehead atoms. The highest BCUT2D eigenvalue weighted by atomic mass is 19.4. The highest BCUT2D eigenvalue weighted by Crippen LogP contribution is 2.35. The topological polar surface area (TPSA) is 65.2 Å². The number of carbonyl (C=O) groups is 1. The van der Waals surface area contributed by atoms with Gasteiger partial charge in [-0.1, -0.05) is 0 Å². The van der Waals surface area contributed by atoms with Gasteiger partial charge in [0.05, 0.1) is 5.56 Å². The van der Waals surface area contributed by atoms with Crippen molar-refractivity contribution in [2.24, 2.45) is 5.73 Å². The highest BCUT2D eigenvalue weighted by molar-refractivity contribution is 5.82. The lowest BCUT2D eigenvalue weighted by molar-refractivity contribution is -0.275. The van der Waals surface area contributed by atoms with Gasteiger partial charge in [0.15, 0.2) is 12.0 Å². The molecule has 2 N–H and O–H groups in total. The van der Waals surface area contributed by atoms with E-state index in [4.69, 9.17) is 5.73 Å². The summed E-state index contributed by atoms with van der Waals surface area (Å²) in [6.07, 6.45) is -7.74. The Kier molecular flexibility index (Phi) is 4.17. The third-order valence-electron chi connectivity index (χ3n) is 1.94. The fourth-order valence-corrected chi connectivity index (χ4v) is 1.23. The van der Waals surface area contributed by atoms with E-state index in [-0.39, 0.29) is 18.4 Å².